The molecule has 0 bridgehead atoms. The van der Waals surface area contributed by atoms with Gasteiger partial charge in [0.05, 0.1) is 30.6 Å². The van der Waals surface area contributed by atoms with Gasteiger partial charge in [0, 0.05) is 24.8 Å². The lowest BCUT2D eigenvalue weighted by Crippen LogP contribution is -2.20. The third-order valence-electron chi connectivity index (χ3n) is 5.35. The van der Waals surface area contributed by atoms with Crippen LogP contribution in [0.2, 0.25) is 0 Å². The van der Waals surface area contributed by atoms with E-state index in [-0.39, 0.29) is 17.7 Å². The Hall–Kier alpha value is -4.18. The van der Waals surface area contributed by atoms with Gasteiger partial charge in [-0.1, -0.05) is 11.3 Å². The predicted molar refractivity (Wildman–Crippen MR) is 121 cm³/mol. The Kier molecular flexibility index (Phi) is 5.72. The highest BCUT2D eigenvalue weighted by Crippen LogP contribution is 2.21. The van der Waals surface area contributed by atoms with Crippen LogP contribution in [0.25, 0.3) is 27.6 Å². The van der Waals surface area contributed by atoms with E-state index in [1.54, 1.807) is 19.4 Å². The lowest BCUT2D eigenvalue weighted by Gasteiger charge is -2.09. The maximum Gasteiger partial charge on any atom is 0.282 e. The molecule has 0 radical (unpaired) electrons. The molecule has 0 N–H and O–H groups in total. The molecule has 10 heteroatoms. The van der Waals surface area contributed by atoms with E-state index in [4.69, 9.17) is 9.47 Å². The van der Waals surface area contributed by atoms with E-state index < -0.39 is 17.2 Å². The van der Waals surface area contributed by atoms with Crippen molar-refractivity contribution in [3.8, 4) is 11.4 Å². The minimum atomic E-state index is -1.04. The maximum atomic E-state index is 13.7. The number of fused-ring (bicyclic) bond motifs is 2. The van der Waals surface area contributed by atoms with Crippen LogP contribution in [0, 0.1) is 11.6 Å². The minimum absolute atomic E-state index is 0.205. The van der Waals surface area contributed by atoms with Gasteiger partial charge in [-0.2, -0.15) is 0 Å². The number of halogens is 2. The third-order valence-corrected chi connectivity index (χ3v) is 5.35. The molecule has 0 spiro atoms. The lowest BCUT2D eigenvalue weighted by atomic mass is 10.1. The Morgan fingerprint density at radius 3 is 2.68 bits per heavy atom. The number of methoxy groups -OCH3 is 1. The summed E-state index contributed by atoms with van der Waals surface area (Å²) in [6.45, 7) is 1.16. The van der Waals surface area contributed by atoms with Crippen molar-refractivity contribution in [2.24, 2.45) is 0 Å². The lowest BCUT2D eigenvalue weighted by molar-refractivity contribution is 0.146. The summed E-state index contributed by atoms with van der Waals surface area (Å²) >= 11 is 0. The Morgan fingerprint density at radius 2 is 1.85 bits per heavy atom. The number of rotatable bonds is 7. The zero-order valence-electron chi connectivity index (χ0n) is 18.1. The molecule has 0 saturated carbocycles. The van der Waals surface area contributed by atoms with Crippen LogP contribution in [0.15, 0.2) is 65.7 Å². The van der Waals surface area contributed by atoms with E-state index in [0.29, 0.717) is 24.5 Å². The van der Waals surface area contributed by atoms with Crippen molar-refractivity contribution in [2.75, 3.05) is 20.3 Å². The normalized spacial score (nSPS) is 11.4. The molecule has 2 aromatic carbocycles. The molecule has 3 heterocycles. The van der Waals surface area contributed by atoms with Crippen LogP contribution in [0.1, 0.15) is 5.56 Å². The van der Waals surface area contributed by atoms with Crippen molar-refractivity contribution in [3.05, 3.63) is 88.5 Å². The van der Waals surface area contributed by atoms with Crippen molar-refractivity contribution in [2.45, 2.75) is 6.54 Å². The van der Waals surface area contributed by atoms with Crippen molar-refractivity contribution in [3.63, 3.8) is 0 Å². The molecule has 5 aromatic rings. The SMILES string of the molecule is COCCOc1cnc2ccc(Cn3nnc4ccn(-c5ccc(F)c(F)c5)c(=O)c43)cc2c1. The Labute approximate surface area is 192 Å². The number of hydrogen-bond acceptors (Lipinski definition) is 6. The van der Waals surface area contributed by atoms with E-state index in [0.717, 1.165) is 28.6 Å². The number of ether oxygens (including phenoxy) is 2. The van der Waals surface area contributed by atoms with Gasteiger partial charge in [0.25, 0.3) is 5.56 Å². The number of benzene rings is 2. The number of nitrogens with zero attached hydrogens (tertiary/aromatic N) is 5. The molecule has 8 nitrogen and oxygen atoms in total. The molecular formula is C24H19F2N5O3. The van der Waals surface area contributed by atoms with Gasteiger partial charge in [-0.15, -0.1) is 5.10 Å². The molecule has 0 unspecified atom stereocenters. The van der Waals surface area contributed by atoms with Gasteiger partial charge < -0.3 is 9.47 Å². The van der Waals surface area contributed by atoms with Crippen molar-refractivity contribution < 1.29 is 18.3 Å². The second kappa shape index (κ2) is 8.99. The highest BCUT2D eigenvalue weighted by molar-refractivity contribution is 5.80. The fourth-order valence-electron chi connectivity index (χ4n) is 3.69. The van der Waals surface area contributed by atoms with Crippen LogP contribution < -0.4 is 10.3 Å². The van der Waals surface area contributed by atoms with Gasteiger partial charge in [0.15, 0.2) is 17.2 Å². The second-order valence-electron chi connectivity index (χ2n) is 7.61. The van der Waals surface area contributed by atoms with Crippen LogP contribution >= 0.6 is 0 Å². The van der Waals surface area contributed by atoms with Gasteiger partial charge >= 0.3 is 0 Å². The van der Waals surface area contributed by atoms with Gasteiger partial charge in [-0.25, -0.2) is 13.5 Å². The van der Waals surface area contributed by atoms with Gasteiger partial charge in [0.2, 0.25) is 0 Å². The first-order chi connectivity index (χ1) is 16.5. The smallest absolute Gasteiger partial charge is 0.282 e. The summed E-state index contributed by atoms with van der Waals surface area (Å²) in [4.78, 5) is 17.6. The quantitative estimate of drug-likeness (QED) is 0.344. The van der Waals surface area contributed by atoms with E-state index in [9.17, 15) is 13.6 Å². The zero-order valence-corrected chi connectivity index (χ0v) is 18.1. The Morgan fingerprint density at radius 1 is 0.971 bits per heavy atom. The van der Waals surface area contributed by atoms with E-state index >= 15 is 0 Å². The second-order valence-corrected chi connectivity index (χ2v) is 7.61. The van der Waals surface area contributed by atoms with Gasteiger partial charge in [0.1, 0.15) is 17.9 Å². The molecule has 0 aliphatic heterocycles. The van der Waals surface area contributed by atoms with Crippen molar-refractivity contribution in [1.82, 2.24) is 24.5 Å². The van der Waals surface area contributed by atoms with Crippen molar-refractivity contribution in [1.29, 1.82) is 0 Å². The van der Waals surface area contributed by atoms with E-state index in [1.165, 1.54) is 21.5 Å². The fraction of sp³-hybridized carbons (Fsp3) is 0.167. The van der Waals surface area contributed by atoms with Crippen LogP contribution in [0.4, 0.5) is 8.78 Å². The largest absolute Gasteiger partial charge is 0.490 e. The topological polar surface area (TPSA) is 84.1 Å². The molecule has 0 saturated heterocycles. The monoisotopic (exact) mass is 463 g/mol. The number of aromatic nitrogens is 5. The van der Waals surface area contributed by atoms with E-state index in [1.807, 2.05) is 24.3 Å². The molecule has 0 aliphatic carbocycles. The first-order valence-electron chi connectivity index (χ1n) is 10.4. The number of hydrogen-bond donors (Lipinski definition) is 0. The third kappa shape index (κ3) is 4.11. The predicted octanol–water partition coefficient (Wildman–Crippen LogP) is 3.48. The molecule has 3 aromatic heterocycles. The average Bonchev–Trinajstić information content (AvgIpc) is 3.24. The molecule has 0 amide bonds. The van der Waals surface area contributed by atoms with E-state index in [2.05, 4.69) is 15.3 Å². The number of pyridine rings is 2. The average molecular weight is 463 g/mol. The van der Waals surface area contributed by atoms with Crippen LogP contribution in [-0.4, -0.2) is 44.9 Å². The highest BCUT2D eigenvalue weighted by atomic mass is 19.2. The van der Waals surface area contributed by atoms with Crippen molar-refractivity contribution >= 4 is 21.9 Å². The first-order valence-corrected chi connectivity index (χ1v) is 10.4. The highest BCUT2D eigenvalue weighted by Gasteiger charge is 2.14. The Bertz CT molecular complexity index is 1560. The summed E-state index contributed by atoms with van der Waals surface area (Å²) in [5.41, 5.74) is 2.09. The maximum absolute atomic E-state index is 13.7. The fourth-order valence-corrected chi connectivity index (χ4v) is 3.69. The summed E-state index contributed by atoms with van der Waals surface area (Å²) in [6.07, 6.45) is 3.12. The first kappa shape index (κ1) is 21.7. The summed E-state index contributed by atoms with van der Waals surface area (Å²) < 4.78 is 40.4. The molecule has 34 heavy (non-hydrogen) atoms. The summed E-state index contributed by atoms with van der Waals surface area (Å²) in [7, 11) is 1.61. The summed E-state index contributed by atoms with van der Waals surface area (Å²) in [5, 5.41) is 9.08. The van der Waals surface area contributed by atoms with Crippen LogP contribution in [0.3, 0.4) is 0 Å². The molecule has 0 atom stereocenters. The molecule has 0 fully saturated rings. The summed E-state index contributed by atoms with van der Waals surface area (Å²) in [6, 6.07) is 12.5. The van der Waals surface area contributed by atoms with Crippen LogP contribution in [0.5, 0.6) is 5.75 Å². The minimum Gasteiger partial charge on any atom is -0.490 e. The molecular weight excluding hydrogens is 444 g/mol. The molecule has 0 aliphatic rings. The Balaban J connectivity index is 1.49. The van der Waals surface area contributed by atoms with Gasteiger partial charge in [-0.3, -0.25) is 14.3 Å². The zero-order chi connectivity index (χ0) is 23.7. The molecule has 5 rings (SSSR count). The molecule has 172 valence electrons. The van der Waals surface area contributed by atoms with Gasteiger partial charge in [-0.05, 0) is 42.0 Å². The summed E-state index contributed by atoms with van der Waals surface area (Å²) in [5.74, 6) is -1.39. The standard InChI is InChI=1S/C24H19F2N5O3/c1-33-8-9-34-18-11-16-10-15(2-5-21(16)27-13-18)14-31-23-22(28-29-31)6-7-30(24(23)32)17-3-4-19(25)20(26)12-17/h2-7,10-13H,8-9,14H2,1H3. The van der Waals surface area contributed by atoms with Crippen LogP contribution in [-0.2, 0) is 11.3 Å².